The minimum Gasteiger partial charge on any atom is -0.431 e. The van der Waals surface area contributed by atoms with Gasteiger partial charge in [0.1, 0.15) is 5.82 Å². The van der Waals surface area contributed by atoms with Crippen LogP contribution in [0.3, 0.4) is 0 Å². The normalized spacial score (nSPS) is 14.1. The predicted molar refractivity (Wildman–Crippen MR) is 185 cm³/mol. The summed E-state index contributed by atoms with van der Waals surface area (Å²) in [4.78, 5) is 32.1. The van der Waals surface area contributed by atoms with Gasteiger partial charge in [0.25, 0.3) is 5.91 Å². The average Bonchev–Trinajstić information content (AvgIpc) is 3.73. The van der Waals surface area contributed by atoms with Gasteiger partial charge in [-0.15, -0.1) is 0 Å². The Labute approximate surface area is 288 Å². The number of halogens is 3. The summed E-state index contributed by atoms with van der Waals surface area (Å²) >= 11 is 0. The average molecular weight is 685 g/mol. The zero-order valence-electron chi connectivity index (χ0n) is 28.3. The first-order valence-corrected chi connectivity index (χ1v) is 16.5. The summed E-state index contributed by atoms with van der Waals surface area (Å²) < 4.78 is 48.4. The van der Waals surface area contributed by atoms with Gasteiger partial charge in [0, 0.05) is 35.8 Å². The number of likely N-dealkylation sites (tertiary alicyclic amines) is 1. The lowest BCUT2D eigenvalue weighted by molar-refractivity contribution is -0.153. The van der Waals surface area contributed by atoms with E-state index in [4.69, 9.17) is 9.52 Å². The Morgan fingerprint density at radius 2 is 1.56 bits per heavy atom. The molecule has 6 rings (SSSR count). The summed E-state index contributed by atoms with van der Waals surface area (Å²) in [6, 6.07) is 25.0. The molecule has 1 aliphatic rings. The van der Waals surface area contributed by atoms with Gasteiger partial charge in [0.15, 0.2) is 5.69 Å². The van der Waals surface area contributed by atoms with E-state index in [1.807, 2.05) is 61.5 Å². The third-order valence-corrected chi connectivity index (χ3v) is 8.78. The van der Waals surface area contributed by atoms with Gasteiger partial charge in [-0.05, 0) is 68.0 Å². The quantitative estimate of drug-likeness (QED) is 0.178. The zero-order chi connectivity index (χ0) is 35.6. The Bertz CT molecular complexity index is 1970. The Morgan fingerprint density at radius 1 is 0.900 bits per heavy atom. The molecule has 2 N–H and O–H groups in total. The van der Waals surface area contributed by atoms with E-state index in [1.54, 1.807) is 35.0 Å². The number of aryl methyl sites for hydroxylation is 1. The van der Waals surface area contributed by atoms with E-state index >= 15 is 0 Å². The SMILES string of the molecule is Cc1ccc(-n2nc(C(C)(C)C)cc2NC(=O)Nc2ccccc2CC2CCN(C(=O)c3nc(-c4ccccc4)oc3C(F)(F)F)CC2)cc1. The van der Waals surface area contributed by atoms with Crippen LogP contribution < -0.4 is 10.6 Å². The predicted octanol–water partition coefficient (Wildman–Crippen LogP) is 8.89. The molecule has 0 unspecified atom stereocenters. The minimum atomic E-state index is -4.87. The monoisotopic (exact) mass is 684 g/mol. The summed E-state index contributed by atoms with van der Waals surface area (Å²) in [7, 11) is 0. The number of alkyl halides is 3. The van der Waals surface area contributed by atoms with Crippen molar-refractivity contribution in [1.82, 2.24) is 19.7 Å². The van der Waals surface area contributed by atoms with E-state index in [9.17, 15) is 22.8 Å². The lowest BCUT2D eigenvalue weighted by atomic mass is 9.89. The number of hydrogen-bond donors (Lipinski definition) is 2. The lowest BCUT2D eigenvalue weighted by Crippen LogP contribution is -2.39. The fourth-order valence-corrected chi connectivity index (χ4v) is 5.97. The Hall–Kier alpha value is -5.39. The maximum atomic E-state index is 13.9. The van der Waals surface area contributed by atoms with Gasteiger partial charge in [0.05, 0.1) is 11.4 Å². The van der Waals surface area contributed by atoms with Crippen LogP contribution in [0.4, 0.5) is 29.5 Å². The molecule has 0 radical (unpaired) electrons. The Kier molecular flexibility index (Phi) is 9.55. The molecule has 260 valence electrons. The molecule has 0 aliphatic carbocycles. The van der Waals surface area contributed by atoms with Crippen LogP contribution in [0.5, 0.6) is 0 Å². The van der Waals surface area contributed by atoms with Gasteiger partial charge in [-0.1, -0.05) is 74.9 Å². The molecule has 1 saturated heterocycles. The van der Waals surface area contributed by atoms with Gasteiger partial charge in [-0.2, -0.15) is 18.3 Å². The topological polar surface area (TPSA) is 105 Å². The van der Waals surface area contributed by atoms with Crippen molar-refractivity contribution in [3.05, 3.63) is 113 Å². The third-order valence-electron chi connectivity index (χ3n) is 8.78. The second-order valence-electron chi connectivity index (χ2n) is 13.6. The molecule has 1 aliphatic heterocycles. The second-order valence-corrected chi connectivity index (χ2v) is 13.6. The van der Waals surface area contributed by atoms with Crippen molar-refractivity contribution < 1.29 is 27.2 Å². The summed E-state index contributed by atoms with van der Waals surface area (Å²) in [5.41, 5.74) is 3.70. The molecule has 0 bridgehead atoms. The van der Waals surface area contributed by atoms with Crippen LogP contribution in [0, 0.1) is 12.8 Å². The molecule has 3 heterocycles. The third kappa shape index (κ3) is 7.74. The van der Waals surface area contributed by atoms with Crippen molar-refractivity contribution in [2.75, 3.05) is 23.7 Å². The van der Waals surface area contributed by atoms with E-state index in [0.717, 1.165) is 22.5 Å². The first-order chi connectivity index (χ1) is 23.8. The minimum absolute atomic E-state index is 0.140. The summed E-state index contributed by atoms with van der Waals surface area (Å²) in [6.45, 7) is 8.72. The highest BCUT2D eigenvalue weighted by Crippen LogP contribution is 2.36. The molecular weight excluding hydrogens is 645 g/mol. The molecule has 2 aromatic heterocycles. The number of para-hydroxylation sites is 1. The number of carbonyl (C=O) groups is 2. The molecule has 3 amide bonds. The summed E-state index contributed by atoms with van der Waals surface area (Å²) in [6.07, 6.45) is -3.12. The number of anilines is 2. The molecule has 50 heavy (non-hydrogen) atoms. The van der Waals surface area contributed by atoms with Crippen molar-refractivity contribution in [3.8, 4) is 17.1 Å². The summed E-state index contributed by atoms with van der Waals surface area (Å²) in [5.74, 6) is -1.78. The standard InChI is InChI=1S/C38H39F3N6O3/c1-24-14-16-28(17-15-24)47-31(23-30(45-47)37(2,3)4)43-36(49)42-29-13-9-8-12-27(29)22-25-18-20-46(21-19-25)35(48)32-33(38(39,40)41)50-34(44-32)26-10-6-5-7-11-26/h5-17,23,25H,18-22H2,1-4H3,(H2,42,43,49). The highest BCUT2D eigenvalue weighted by molar-refractivity contribution is 6.00. The van der Waals surface area contributed by atoms with Crippen molar-refractivity contribution in [1.29, 1.82) is 0 Å². The van der Waals surface area contributed by atoms with Crippen LogP contribution >= 0.6 is 0 Å². The number of urea groups is 1. The number of benzene rings is 3. The van der Waals surface area contributed by atoms with E-state index < -0.39 is 29.6 Å². The first-order valence-electron chi connectivity index (χ1n) is 16.5. The molecule has 9 nitrogen and oxygen atoms in total. The highest BCUT2D eigenvalue weighted by Gasteiger charge is 2.43. The first kappa shape index (κ1) is 34.5. The molecular formula is C38H39F3N6O3. The largest absolute Gasteiger partial charge is 0.452 e. The second kappa shape index (κ2) is 13.9. The Balaban J connectivity index is 1.12. The Morgan fingerprint density at radius 3 is 2.22 bits per heavy atom. The fourth-order valence-electron chi connectivity index (χ4n) is 5.97. The lowest BCUT2D eigenvalue weighted by Gasteiger charge is -2.32. The van der Waals surface area contributed by atoms with Crippen LogP contribution in [-0.4, -0.2) is 44.7 Å². The highest BCUT2D eigenvalue weighted by atomic mass is 19.4. The number of amides is 3. The molecule has 0 spiro atoms. The smallest absolute Gasteiger partial charge is 0.431 e. The number of hydrogen-bond acceptors (Lipinski definition) is 5. The van der Waals surface area contributed by atoms with E-state index in [2.05, 4.69) is 36.4 Å². The molecule has 0 saturated carbocycles. The zero-order valence-corrected chi connectivity index (χ0v) is 28.3. The molecule has 12 heteroatoms. The van der Waals surface area contributed by atoms with Gasteiger partial charge < -0.3 is 14.6 Å². The molecule has 3 aromatic carbocycles. The number of piperidine rings is 1. The van der Waals surface area contributed by atoms with E-state index in [1.165, 1.54) is 4.90 Å². The number of rotatable bonds is 7. The van der Waals surface area contributed by atoms with Crippen LogP contribution in [0.1, 0.15) is 66.7 Å². The molecule has 0 atom stereocenters. The number of nitrogens with one attached hydrogen (secondary N) is 2. The maximum absolute atomic E-state index is 13.9. The van der Waals surface area contributed by atoms with Gasteiger partial charge in [-0.25, -0.2) is 14.5 Å². The molecule has 5 aromatic rings. The fraction of sp³-hybridized carbons (Fsp3) is 0.316. The van der Waals surface area contributed by atoms with Gasteiger partial charge in [0.2, 0.25) is 11.7 Å². The van der Waals surface area contributed by atoms with E-state index in [-0.39, 0.29) is 30.3 Å². The van der Waals surface area contributed by atoms with Crippen molar-refractivity contribution in [3.63, 3.8) is 0 Å². The number of oxazole rings is 1. The van der Waals surface area contributed by atoms with Crippen LogP contribution in [0.25, 0.3) is 17.1 Å². The van der Waals surface area contributed by atoms with Crippen molar-refractivity contribution >= 4 is 23.4 Å². The van der Waals surface area contributed by atoms with Crippen LogP contribution in [-0.2, 0) is 18.0 Å². The van der Waals surface area contributed by atoms with Gasteiger partial charge >= 0.3 is 12.2 Å². The van der Waals surface area contributed by atoms with Gasteiger partial charge in [-0.3, -0.25) is 10.1 Å². The number of nitrogens with zero attached hydrogens (tertiary/aromatic N) is 4. The van der Waals surface area contributed by atoms with E-state index in [0.29, 0.717) is 36.3 Å². The van der Waals surface area contributed by atoms with Crippen molar-refractivity contribution in [2.24, 2.45) is 5.92 Å². The summed E-state index contributed by atoms with van der Waals surface area (Å²) in [5, 5.41) is 10.7. The number of aromatic nitrogens is 3. The maximum Gasteiger partial charge on any atom is 0.452 e. The molecule has 1 fully saturated rings. The van der Waals surface area contributed by atoms with Crippen LogP contribution in [0.15, 0.2) is 89.3 Å². The number of carbonyl (C=O) groups excluding carboxylic acids is 2. The van der Waals surface area contributed by atoms with Crippen molar-refractivity contribution in [2.45, 2.75) is 58.5 Å². The van der Waals surface area contributed by atoms with Crippen LogP contribution in [0.2, 0.25) is 0 Å².